The summed E-state index contributed by atoms with van der Waals surface area (Å²) in [5, 5.41) is 0. The van der Waals surface area contributed by atoms with Crippen LogP contribution in [-0.4, -0.2) is 18.9 Å². The molecular weight excluding hydrogens is 400 g/mol. The van der Waals surface area contributed by atoms with Crippen molar-refractivity contribution in [3.05, 3.63) is 64.1 Å². The number of hydrogen-bond donors (Lipinski definition) is 0. The molecule has 0 amide bonds. The molecule has 0 radical (unpaired) electrons. The Morgan fingerprint density at radius 3 is 2.24 bits per heavy atom. The van der Waals surface area contributed by atoms with Crippen molar-refractivity contribution in [2.75, 3.05) is 0 Å². The number of rotatable bonds is 5. The van der Waals surface area contributed by atoms with Gasteiger partial charge >= 0.3 is 0 Å². The van der Waals surface area contributed by atoms with E-state index in [2.05, 4.69) is 15.9 Å². The number of aryl methyl sites for hydroxylation is 1. The standard InChI is InChI=1S/C20H19BrO3S/c1-14-6-8-15(9-7-14)25(23,24)20-11-19(12-20,13-20)10-18(22)16-4-2-3-5-17(16)21/h2-9H,10-13H2,1H3. The lowest BCUT2D eigenvalue weighted by Crippen LogP contribution is -2.70. The van der Waals surface area contributed by atoms with Crippen LogP contribution in [0.25, 0.3) is 0 Å². The lowest BCUT2D eigenvalue weighted by Gasteiger charge is -2.69. The summed E-state index contributed by atoms with van der Waals surface area (Å²) in [5.41, 5.74) is 1.61. The van der Waals surface area contributed by atoms with Crippen LogP contribution in [-0.2, 0) is 9.84 Å². The van der Waals surface area contributed by atoms with Gasteiger partial charge in [-0.15, -0.1) is 0 Å². The second-order valence-electron chi connectivity index (χ2n) is 7.61. The maximum absolute atomic E-state index is 12.9. The smallest absolute Gasteiger partial charge is 0.184 e. The van der Waals surface area contributed by atoms with Crippen molar-refractivity contribution in [3.63, 3.8) is 0 Å². The Morgan fingerprint density at radius 1 is 1.04 bits per heavy atom. The zero-order chi connectivity index (χ0) is 17.9. The number of hydrogen-bond acceptors (Lipinski definition) is 3. The molecule has 0 spiro atoms. The topological polar surface area (TPSA) is 51.2 Å². The third-order valence-corrected chi connectivity index (χ3v) is 8.86. The summed E-state index contributed by atoms with van der Waals surface area (Å²) in [4.78, 5) is 13.0. The summed E-state index contributed by atoms with van der Waals surface area (Å²) in [7, 11) is -3.32. The van der Waals surface area contributed by atoms with Crippen molar-refractivity contribution in [1.29, 1.82) is 0 Å². The minimum Gasteiger partial charge on any atom is -0.294 e. The molecule has 0 atom stereocenters. The number of carbonyl (C=O) groups is 1. The monoisotopic (exact) mass is 418 g/mol. The summed E-state index contributed by atoms with van der Waals surface area (Å²) in [6.45, 7) is 1.94. The molecule has 2 aromatic carbocycles. The van der Waals surface area contributed by atoms with Crippen LogP contribution in [0.5, 0.6) is 0 Å². The Labute approximate surface area is 156 Å². The molecule has 3 nitrogen and oxygen atoms in total. The molecule has 2 aromatic rings. The Kier molecular flexibility index (Phi) is 3.75. The highest BCUT2D eigenvalue weighted by atomic mass is 79.9. The van der Waals surface area contributed by atoms with Gasteiger partial charge in [-0.1, -0.05) is 51.8 Å². The summed E-state index contributed by atoms with van der Waals surface area (Å²) in [6, 6.07) is 14.5. The number of benzene rings is 2. The van der Waals surface area contributed by atoms with Gasteiger partial charge < -0.3 is 0 Å². The van der Waals surface area contributed by atoms with Gasteiger partial charge in [0.15, 0.2) is 15.6 Å². The largest absolute Gasteiger partial charge is 0.294 e. The van der Waals surface area contributed by atoms with E-state index in [1.165, 1.54) is 0 Å². The van der Waals surface area contributed by atoms with Gasteiger partial charge in [-0.25, -0.2) is 8.42 Å². The second kappa shape index (κ2) is 5.52. The minimum absolute atomic E-state index is 0.0912. The molecule has 3 fully saturated rings. The number of halogens is 1. The van der Waals surface area contributed by atoms with Gasteiger partial charge in [0.1, 0.15) is 0 Å². The number of carbonyl (C=O) groups excluding carboxylic acids is 1. The molecule has 2 bridgehead atoms. The molecule has 5 rings (SSSR count). The first-order valence-corrected chi connectivity index (χ1v) is 10.6. The van der Waals surface area contributed by atoms with Crippen molar-refractivity contribution >= 4 is 31.6 Å². The molecule has 3 saturated carbocycles. The first-order chi connectivity index (χ1) is 11.8. The first-order valence-electron chi connectivity index (χ1n) is 8.36. The normalized spacial score (nSPS) is 27.3. The number of Topliss-reactive ketones (excluding diaryl/α,β-unsaturated/α-hetero) is 1. The molecule has 0 aliphatic heterocycles. The Balaban J connectivity index is 1.49. The van der Waals surface area contributed by atoms with Gasteiger partial charge in [0.05, 0.1) is 9.64 Å². The van der Waals surface area contributed by atoms with Crippen LogP contribution in [0.3, 0.4) is 0 Å². The maximum atomic E-state index is 12.9. The predicted octanol–water partition coefficient (Wildman–Crippen LogP) is 4.73. The Hall–Kier alpha value is -1.46. The van der Waals surface area contributed by atoms with Crippen LogP contribution < -0.4 is 0 Å². The van der Waals surface area contributed by atoms with E-state index in [1.54, 1.807) is 12.1 Å². The lowest BCUT2D eigenvalue weighted by atomic mass is 9.42. The fourth-order valence-corrected chi connectivity index (χ4v) is 7.45. The highest BCUT2D eigenvalue weighted by Crippen LogP contribution is 2.73. The fourth-order valence-electron chi connectivity index (χ4n) is 4.46. The van der Waals surface area contributed by atoms with Crippen molar-refractivity contribution in [2.24, 2.45) is 5.41 Å². The summed E-state index contributed by atoms with van der Waals surface area (Å²) in [6.07, 6.45) is 2.24. The van der Waals surface area contributed by atoms with Crippen LogP contribution in [0.15, 0.2) is 57.9 Å². The van der Waals surface area contributed by atoms with E-state index in [4.69, 9.17) is 0 Å². The summed E-state index contributed by atoms with van der Waals surface area (Å²) >= 11 is 3.42. The predicted molar refractivity (Wildman–Crippen MR) is 100 cm³/mol. The van der Waals surface area contributed by atoms with E-state index in [1.807, 2.05) is 43.3 Å². The van der Waals surface area contributed by atoms with Gasteiger partial charge in [-0.05, 0) is 49.8 Å². The van der Waals surface area contributed by atoms with Crippen LogP contribution in [0, 0.1) is 12.3 Å². The van der Waals surface area contributed by atoms with Crippen LogP contribution >= 0.6 is 15.9 Å². The zero-order valence-corrected chi connectivity index (χ0v) is 16.4. The summed E-state index contributed by atoms with van der Waals surface area (Å²) in [5.74, 6) is 0.0912. The van der Waals surface area contributed by atoms with Crippen molar-refractivity contribution in [1.82, 2.24) is 0 Å². The van der Waals surface area contributed by atoms with E-state index in [9.17, 15) is 13.2 Å². The average Bonchev–Trinajstić information content (AvgIpc) is 2.49. The van der Waals surface area contributed by atoms with Gasteiger partial charge in [-0.2, -0.15) is 0 Å². The van der Waals surface area contributed by atoms with Crippen LogP contribution in [0.4, 0.5) is 0 Å². The molecule has 3 aliphatic carbocycles. The average molecular weight is 419 g/mol. The van der Waals surface area contributed by atoms with Crippen LogP contribution in [0.2, 0.25) is 0 Å². The molecule has 0 heterocycles. The molecule has 130 valence electrons. The minimum atomic E-state index is -3.32. The SMILES string of the molecule is Cc1ccc(S(=O)(=O)C23CC(CC(=O)c4ccccc4Br)(C2)C3)cc1. The Morgan fingerprint density at radius 2 is 1.64 bits per heavy atom. The molecular formula is C20H19BrO3S. The summed E-state index contributed by atoms with van der Waals surface area (Å²) < 4.78 is 26.0. The molecule has 25 heavy (non-hydrogen) atoms. The number of ketones is 1. The quantitative estimate of drug-likeness (QED) is 0.659. The van der Waals surface area contributed by atoms with Gasteiger partial charge in [0.25, 0.3) is 0 Å². The third kappa shape index (κ3) is 2.51. The van der Waals surface area contributed by atoms with E-state index in [-0.39, 0.29) is 11.2 Å². The molecule has 3 aliphatic rings. The van der Waals surface area contributed by atoms with E-state index in [0.717, 1.165) is 10.0 Å². The van der Waals surface area contributed by atoms with Crippen LogP contribution in [0.1, 0.15) is 41.6 Å². The first kappa shape index (κ1) is 17.0. The fraction of sp³-hybridized carbons (Fsp3) is 0.350. The third-order valence-electron chi connectivity index (χ3n) is 5.70. The molecule has 0 aromatic heterocycles. The van der Waals surface area contributed by atoms with E-state index >= 15 is 0 Å². The highest BCUT2D eigenvalue weighted by Gasteiger charge is 2.74. The molecule has 0 saturated heterocycles. The molecule has 5 heteroatoms. The van der Waals surface area contributed by atoms with Gasteiger partial charge in [0, 0.05) is 16.5 Å². The lowest BCUT2D eigenvalue weighted by molar-refractivity contribution is -0.0791. The molecule has 0 unspecified atom stereocenters. The van der Waals surface area contributed by atoms with Gasteiger partial charge in [0.2, 0.25) is 0 Å². The van der Waals surface area contributed by atoms with E-state index in [0.29, 0.717) is 36.1 Å². The second-order valence-corrected chi connectivity index (χ2v) is 10.8. The van der Waals surface area contributed by atoms with Crippen molar-refractivity contribution < 1.29 is 13.2 Å². The molecule has 0 N–H and O–H groups in total. The van der Waals surface area contributed by atoms with Crippen molar-refractivity contribution in [2.45, 2.75) is 42.2 Å². The zero-order valence-electron chi connectivity index (χ0n) is 14.0. The van der Waals surface area contributed by atoms with E-state index < -0.39 is 14.6 Å². The Bertz CT molecular complexity index is 941. The van der Waals surface area contributed by atoms with Gasteiger partial charge in [-0.3, -0.25) is 4.79 Å². The highest BCUT2D eigenvalue weighted by molar-refractivity contribution is 9.10. The van der Waals surface area contributed by atoms with Crippen molar-refractivity contribution in [3.8, 4) is 0 Å². The maximum Gasteiger partial charge on any atom is 0.184 e. The number of sulfone groups is 1.